The molecule has 146 valence electrons. The van der Waals surface area contributed by atoms with Crippen LogP contribution < -0.4 is 20.1 Å². The molecular weight excluding hydrogens is 366 g/mol. The Bertz CT molecular complexity index is 924. The minimum absolute atomic E-state index is 0.0718. The highest BCUT2D eigenvalue weighted by Crippen LogP contribution is 2.28. The van der Waals surface area contributed by atoms with Crippen LogP contribution in [-0.4, -0.2) is 35.0 Å². The number of anilines is 2. The molecule has 2 aromatic carbocycles. The van der Waals surface area contributed by atoms with Gasteiger partial charge in [-0.2, -0.15) is 0 Å². The predicted molar refractivity (Wildman–Crippen MR) is 107 cm³/mol. The lowest BCUT2D eigenvalue weighted by Gasteiger charge is -2.19. The summed E-state index contributed by atoms with van der Waals surface area (Å²) in [6.07, 6.45) is 0. The number of sulfonamides is 1. The highest BCUT2D eigenvalue weighted by Gasteiger charge is 2.16. The van der Waals surface area contributed by atoms with Crippen molar-refractivity contribution in [2.24, 2.45) is 11.1 Å². The van der Waals surface area contributed by atoms with Gasteiger partial charge in [-0.05, 0) is 42.3 Å². The van der Waals surface area contributed by atoms with Gasteiger partial charge in [-0.3, -0.25) is 4.79 Å². The number of hydrogen-bond acceptors (Lipinski definition) is 5. The van der Waals surface area contributed by atoms with Crippen LogP contribution in [0.1, 0.15) is 24.2 Å². The van der Waals surface area contributed by atoms with Gasteiger partial charge in [0, 0.05) is 19.7 Å². The van der Waals surface area contributed by atoms with E-state index in [1.807, 2.05) is 13.8 Å². The Balaban J connectivity index is 2.30. The minimum Gasteiger partial charge on any atom is -0.493 e. The van der Waals surface area contributed by atoms with Gasteiger partial charge < -0.3 is 15.0 Å². The van der Waals surface area contributed by atoms with Gasteiger partial charge in [-0.15, -0.1) is 0 Å². The zero-order valence-electron chi connectivity index (χ0n) is 15.9. The molecule has 0 bridgehead atoms. The number of nitrogens with one attached hydrogen (secondary N) is 1. The Morgan fingerprint density at radius 1 is 1.19 bits per heavy atom. The van der Waals surface area contributed by atoms with E-state index in [-0.39, 0.29) is 10.8 Å². The van der Waals surface area contributed by atoms with Crippen molar-refractivity contribution in [3.05, 3.63) is 48.0 Å². The fourth-order valence-corrected chi connectivity index (χ4v) is 2.91. The average Bonchev–Trinajstić information content (AvgIpc) is 2.59. The number of benzene rings is 2. The number of carbonyl (C=O) groups excluding carboxylic acids is 1. The minimum atomic E-state index is -3.88. The molecule has 0 aliphatic rings. The molecular formula is C19H25N3O4S. The van der Waals surface area contributed by atoms with E-state index in [0.29, 0.717) is 35.2 Å². The van der Waals surface area contributed by atoms with Crippen LogP contribution in [-0.2, 0) is 10.0 Å². The van der Waals surface area contributed by atoms with E-state index >= 15 is 0 Å². The van der Waals surface area contributed by atoms with E-state index in [2.05, 4.69) is 5.32 Å². The molecule has 0 radical (unpaired) electrons. The lowest BCUT2D eigenvalue weighted by molar-refractivity contribution is 0.102. The number of ether oxygens (including phenoxy) is 1. The summed E-state index contributed by atoms with van der Waals surface area (Å²) in [4.78, 5) is 14.4. The molecule has 0 aromatic heterocycles. The molecule has 0 heterocycles. The van der Waals surface area contributed by atoms with Crippen molar-refractivity contribution >= 4 is 27.3 Å². The summed E-state index contributed by atoms with van der Waals surface area (Å²) in [5, 5.41) is 7.96. The van der Waals surface area contributed by atoms with Crippen molar-refractivity contribution in [1.29, 1.82) is 0 Å². The van der Waals surface area contributed by atoms with Crippen molar-refractivity contribution in [1.82, 2.24) is 0 Å². The smallest absolute Gasteiger partial charge is 0.255 e. The van der Waals surface area contributed by atoms with Crippen LogP contribution in [0.2, 0.25) is 0 Å². The maximum Gasteiger partial charge on any atom is 0.255 e. The van der Waals surface area contributed by atoms with E-state index in [0.717, 1.165) is 0 Å². The highest BCUT2D eigenvalue weighted by atomic mass is 32.2. The lowest BCUT2D eigenvalue weighted by atomic mass is 10.2. The molecule has 0 aliphatic heterocycles. The summed E-state index contributed by atoms with van der Waals surface area (Å²) in [6, 6.07) is 11.2. The molecule has 0 aliphatic carbocycles. The fourth-order valence-electron chi connectivity index (χ4n) is 2.37. The molecule has 8 heteroatoms. The predicted octanol–water partition coefficient (Wildman–Crippen LogP) is 2.69. The largest absolute Gasteiger partial charge is 0.493 e. The SMILES string of the molecule is CC(C)COc1cccc(C(=O)Nc2cc(S(N)(=O)=O)ccc2N(C)C)c1. The van der Waals surface area contributed by atoms with Gasteiger partial charge in [0.1, 0.15) is 5.75 Å². The molecule has 27 heavy (non-hydrogen) atoms. The third-order valence-electron chi connectivity index (χ3n) is 3.71. The van der Waals surface area contributed by atoms with E-state index in [9.17, 15) is 13.2 Å². The summed E-state index contributed by atoms with van der Waals surface area (Å²) in [6.45, 7) is 4.63. The summed E-state index contributed by atoms with van der Waals surface area (Å²) >= 11 is 0. The van der Waals surface area contributed by atoms with Crippen LogP contribution in [0.15, 0.2) is 47.4 Å². The third-order valence-corrected chi connectivity index (χ3v) is 4.62. The van der Waals surface area contributed by atoms with E-state index < -0.39 is 10.0 Å². The zero-order chi connectivity index (χ0) is 20.2. The first-order valence-electron chi connectivity index (χ1n) is 8.46. The molecule has 2 aromatic rings. The monoisotopic (exact) mass is 391 g/mol. The summed E-state index contributed by atoms with van der Waals surface area (Å²) in [5.74, 6) is 0.591. The second kappa shape index (κ2) is 8.41. The maximum atomic E-state index is 12.7. The number of hydrogen-bond donors (Lipinski definition) is 2. The lowest BCUT2D eigenvalue weighted by Crippen LogP contribution is -2.18. The van der Waals surface area contributed by atoms with Gasteiger partial charge in [0.2, 0.25) is 10.0 Å². The third kappa shape index (κ3) is 5.70. The Morgan fingerprint density at radius 3 is 2.48 bits per heavy atom. The van der Waals surface area contributed by atoms with E-state index in [1.165, 1.54) is 12.1 Å². The van der Waals surface area contributed by atoms with Crippen LogP contribution in [0.3, 0.4) is 0 Å². The van der Waals surface area contributed by atoms with Crippen molar-refractivity contribution in [3.8, 4) is 5.75 Å². The van der Waals surface area contributed by atoms with Crippen molar-refractivity contribution < 1.29 is 17.9 Å². The Kier molecular flexibility index (Phi) is 6.45. The second-order valence-electron chi connectivity index (χ2n) is 6.81. The number of carbonyl (C=O) groups is 1. The Morgan fingerprint density at radius 2 is 1.89 bits per heavy atom. The molecule has 0 spiro atoms. The van der Waals surface area contributed by atoms with Crippen LogP contribution in [0.5, 0.6) is 5.75 Å². The average molecular weight is 391 g/mol. The van der Waals surface area contributed by atoms with Crippen molar-refractivity contribution in [3.63, 3.8) is 0 Å². The van der Waals surface area contributed by atoms with Gasteiger partial charge in [0.15, 0.2) is 0 Å². The van der Waals surface area contributed by atoms with Crippen molar-refractivity contribution in [2.75, 3.05) is 30.9 Å². The van der Waals surface area contributed by atoms with Crippen LogP contribution in [0, 0.1) is 5.92 Å². The topological polar surface area (TPSA) is 102 Å². The molecule has 3 N–H and O–H groups in total. The molecule has 7 nitrogen and oxygen atoms in total. The first kappa shape index (κ1) is 20.7. The molecule has 0 unspecified atom stereocenters. The number of nitrogens with two attached hydrogens (primary N) is 1. The Hall–Kier alpha value is -2.58. The number of amides is 1. The number of primary sulfonamides is 1. The summed E-state index contributed by atoms with van der Waals surface area (Å²) < 4.78 is 28.9. The fraction of sp³-hybridized carbons (Fsp3) is 0.316. The van der Waals surface area contributed by atoms with Gasteiger partial charge in [-0.25, -0.2) is 13.6 Å². The standard InChI is InChI=1S/C19H25N3O4S/c1-13(2)12-26-15-7-5-6-14(10-15)19(23)21-17-11-16(27(20,24)25)8-9-18(17)22(3)4/h5-11,13H,12H2,1-4H3,(H,21,23)(H2,20,24,25). The molecule has 2 rings (SSSR count). The first-order valence-corrected chi connectivity index (χ1v) is 10.0. The zero-order valence-corrected chi connectivity index (χ0v) is 16.7. The number of nitrogens with zero attached hydrogens (tertiary/aromatic N) is 1. The van der Waals surface area contributed by atoms with E-state index in [4.69, 9.17) is 9.88 Å². The normalized spacial score (nSPS) is 11.3. The van der Waals surface area contributed by atoms with Crippen LogP contribution >= 0.6 is 0 Å². The molecule has 1 amide bonds. The van der Waals surface area contributed by atoms with Gasteiger partial charge >= 0.3 is 0 Å². The maximum absolute atomic E-state index is 12.7. The first-order chi connectivity index (χ1) is 12.6. The molecule has 0 atom stereocenters. The summed E-state index contributed by atoms with van der Waals surface area (Å²) in [7, 11) is -0.293. The highest BCUT2D eigenvalue weighted by molar-refractivity contribution is 7.89. The summed E-state index contributed by atoms with van der Waals surface area (Å²) in [5.41, 5.74) is 1.41. The van der Waals surface area contributed by atoms with Gasteiger partial charge in [0.25, 0.3) is 5.91 Å². The molecule has 0 fully saturated rings. The van der Waals surface area contributed by atoms with Gasteiger partial charge in [0.05, 0.1) is 22.9 Å². The second-order valence-corrected chi connectivity index (χ2v) is 8.37. The Labute approximate surface area is 160 Å². The quantitative estimate of drug-likeness (QED) is 0.756. The molecule has 0 saturated carbocycles. The molecule has 0 saturated heterocycles. The van der Waals surface area contributed by atoms with Crippen LogP contribution in [0.4, 0.5) is 11.4 Å². The number of rotatable bonds is 7. The van der Waals surface area contributed by atoms with Crippen molar-refractivity contribution in [2.45, 2.75) is 18.7 Å². The van der Waals surface area contributed by atoms with E-state index in [1.54, 1.807) is 49.3 Å². The van der Waals surface area contributed by atoms with Crippen LogP contribution in [0.25, 0.3) is 0 Å². The van der Waals surface area contributed by atoms with Gasteiger partial charge in [-0.1, -0.05) is 19.9 Å².